The number of alkyl halides is 3. The lowest BCUT2D eigenvalue weighted by Crippen LogP contribution is -3.10. The number of hydrogen-bond donors (Lipinski definition) is 2. The predicted octanol–water partition coefficient (Wildman–Crippen LogP) is 5.73. The summed E-state index contributed by atoms with van der Waals surface area (Å²) in [6.45, 7) is 8.37. The molecule has 2 N–H and O–H groups in total. The van der Waals surface area contributed by atoms with E-state index in [9.17, 15) is 23.1 Å². The largest absolute Gasteiger partial charge is 0.507 e. The third-order valence-electron chi connectivity index (χ3n) is 5.83. The maximum atomic E-state index is 14.1. The molecule has 0 spiro atoms. The molecule has 0 saturated heterocycles. The second-order valence-corrected chi connectivity index (χ2v) is 8.43. The molecule has 5 nitrogen and oxygen atoms in total. The van der Waals surface area contributed by atoms with Crippen molar-refractivity contribution < 1.29 is 32.3 Å². The second kappa shape index (κ2) is 10.8. The maximum Gasteiger partial charge on any atom is 0.453 e. The Morgan fingerprint density at radius 1 is 0.919 bits per heavy atom. The van der Waals surface area contributed by atoms with Gasteiger partial charge in [-0.15, -0.1) is 0 Å². The van der Waals surface area contributed by atoms with Crippen LogP contribution in [0.15, 0.2) is 101 Å². The van der Waals surface area contributed by atoms with Crippen LogP contribution in [-0.2, 0) is 12.7 Å². The molecule has 0 amide bonds. The highest BCUT2D eigenvalue weighted by molar-refractivity contribution is 5.83. The zero-order valence-corrected chi connectivity index (χ0v) is 19.8. The summed E-state index contributed by atoms with van der Waals surface area (Å²) in [5.74, 6) is -2.77. The van der Waals surface area contributed by atoms with Crippen LogP contribution in [0.1, 0.15) is 11.3 Å². The van der Waals surface area contributed by atoms with Crippen LogP contribution in [0, 0.1) is 0 Å². The van der Waals surface area contributed by atoms with E-state index < -0.39 is 23.1 Å². The Kier molecular flexibility index (Phi) is 7.50. The molecule has 4 aromatic rings. The normalized spacial score (nSPS) is 11.6. The summed E-state index contributed by atoms with van der Waals surface area (Å²) in [5, 5.41) is 10.3. The van der Waals surface area contributed by atoms with Gasteiger partial charge < -0.3 is 19.2 Å². The topological polar surface area (TPSA) is 64.1 Å². The zero-order chi connectivity index (χ0) is 26.6. The lowest BCUT2D eigenvalue weighted by Gasteiger charge is -2.19. The van der Waals surface area contributed by atoms with Gasteiger partial charge in [-0.25, -0.2) is 0 Å². The Balaban J connectivity index is 1.80. The van der Waals surface area contributed by atoms with Crippen molar-refractivity contribution in [3.05, 3.63) is 114 Å². The van der Waals surface area contributed by atoms with E-state index in [1.165, 1.54) is 24.3 Å². The van der Waals surface area contributed by atoms with E-state index in [1.54, 1.807) is 24.3 Å². The van der Waals surface area contributed by atoms with E-state index >= 15 is 0 Å². The van der Waals surface area contributed by atoms with Gasteiger partial charge in [0.05, 0.1) is 24.0 Å². The average Bonchev–Trinajstić information content (AvgIpc) is 2.87. The number of aromatic hydroxyl groups is 1. The Morgan fingerprint density at radius 3 is 2.14 bits per heavy atom. The molecular formula is C29H25F3NO4+. The molecule has 0 atom stereocenters. The third kappa shape index (κ3) is 5.59. The molecule has 1 aromatic heterocycles. The standard InChI is InChI=1S/C29H24F3NO4/c1-3-16-33(17-4-2)18-23-24(34)15-14-22-25(35)27(28(29(30,31)32)37-26(22)23)36-21-12-10-20(11-13-21)19-8-6-5-7-9-19/h3-15,34H,1-2,16-18H2/p+1. The quantitative estimate of drug-likeness (QED) is 0.283. The van der Waals surface area contributed by atoms with E-state index in [4.69, 9.17) is 9.15 Å². The molecule has 8 heteroatoms. The van der Waals surface area contributed by atoms with E-state index in [2.05, 4.69) is 13.2 Å². The predicted molar refractivity (Wildman–Crippen MR) is 136 cm³/mol. The van der Waals surface area contributed by atoms with Gasteiger partial charge in [0.15, 0.2) is 5.58 Å². The molecular weight excluding hydrogens is 483 g/mol. The molecule has 0 aliphatic carbocycles. The van der Waals surface area contributed by atoms with Gasteiger partial charge in [-0.2, -0.15) is 13.2 Å². The Bertz CT molecular complexity index is 1470. The fraction of sp³-hybridized carbons (Fsp3) is 0.138. The van der Waals surface area contributed by atoms with E-state index in [1.807, 2.05) is 30.3 Å². The number of fused-ring (bicyclic) bond motifs is 1. The molecule has 190 valence electrons. The van der Waals surface area contributed by atoms with Crippen molar-refractivity contribution in [3.8, 4) is 28.4 Å². The summed E-state index contributed by atoms with van der Waals surface area (Å²) < 4.78 is 53.0. The van der Waals surface area contributed by atoms with Gasteiger partial charge in [0.1, 0.15) is 18.0 Å². The van der Waals surface area contributed by atoms with Crippen LogP contribution in [-0.4, -0.2) is 18.2 Å². The van der Waals surface area contributed by atoms with Crippen LogP contribution in [0.4, 0.5) is 13.2 Å². The van der Waals surface area contributed by atoms with Crippen molar-refractivity contribution in [1.29, 1.82) is 0 Å². The van der Waals surface area contributed by atoms with Gasteiger partial charge in [0.2, 0.25) is 11.2 Å². The van der Waals surface area contributed by atoms with Crippen molar-refractivity contribution in [1.82, 2.24) is 0 Å². The fourth-order valence-electron chi connectivity index (χ4n) is 4.09. The van der Waals surface area contributed by atoms with E-state index in [0.29, 0.717) is 13.1 Å². The first-order valence-electron chi connectivity index (χ1n) is 11.5. The van der Waals surface area contributed by atoms with Crippen LogP contribution < -0.4 is 15.1 Å². The molecule has 0 fully saturated rings. The SMILES string of the molecule is C=CC[NH+](CC=C)Cc1c(O)ccc2c(=O)c(Oc3ccc(-c4ccccc4)cc3)c(C(F)(F)F)oc12. The highest BCUT2D eigenvalue weighted by atomic mass is 19.4. The molecule has 0 aliphatic heterocycles. The molecule has 3 aromatic carbocycles. The van der Waals surface area contributed by atoms with Crippen molar-refractivity contribution in [3.63, 3.8) is 0 Å². The number of phenols is 1. The zero-order valence-electron chi connectivity index (χ0n) is 19.8. The van der Waals surface area contributed by atoms with Crippen molar-refractivity contribution in [2.45, 2.75) is 12.7 Å². The highest BCUT2D eigenvalue weighted by Crippen LogP contribution is 2.40. The van der Waals surface area contributed by atoms with Gasteiger partial charge in [-0.1, -0.05) is 55.6 Å². The molecule has 1 heterocycles. The number of rotatable bonds is 9. The smallest absolute Gasteiger partial charge is 0.453 e. The second-order valence-electron chi connectivity index (χ2n) is 8.43. The molecule has 0 saturated carbocycles. The third-order valence-corrected chi connectivity index (χ3v) is 5.83. The summed E-state index contributed by atoms with van der Waals surface area (Å²) in [6.07, 6.45) is -1.73. The number of nitrogens with one attached hydrogen (secondary N) is 1. The Morgan fingerprint density at radius 2 is 1.54 bits per heavy atom. The van der Waals surface area contributed by atoms with Crippen LogP contribution >= 0.6 is 0 Å². The molecule has 4 rings (SSSR count). The van der Waals surface area contributed by atoms with E-state index in [-0.39, 0.29) is 34.6 Å². The number of ether oxygens (including phenoxy) is 1. The maximum absolute atomic E-state index is 14.1. The summed E-state index contributed by atoms with van der Waals surface area (Å²) in [4.78, 5) is 14.1. The van der Waals surface area contributed by atoms with Crippen LogP contribution in [0.2, 0.25) is 0 Å². The summed E-state index contributed by atoms with van der Waals surface area (Å²) in [7, 11) is 0. The summed E-state index contributed by atoms with van der Waals surface area (Å²) >= 11 is 0. The number of hydrogen-bond acceptors (Lipinski definition) is 4. The molecule has 37 heavy (non-hydrogen) atoms. The molecule has 0 bridgehead atoms. The lowest BCUT2D eigenvalue weighted by atomic mass is 10.1. The molecule has 0 unspecified atom stereocenters. The minimum atomic E-state index is -5.02. The highest BCUT2D eigenvalue weighted by Gasteiger charge is 2.41. The molecule has 0 aliphatic rings. The first kappa shape index (κ1) is 25.8. The van der Waals surface area contributed by atoms with Gasteiger partial charge in [0, 0.05) is 0 Å². The number of benzene rings is 3. The minimum Gasteiger partial charge on any atom is -0.507 e. The molecule has 0 radical (unpaired) electrons. The van der Waals surface area contributed by atoms with Gasteiger partial charge in [0.25, 0.3) is 5.76 Å². The van der Waals surface area contributed by atoms with Crippen molar-refractivity contribution >= 4 is 11.0 Å². The van der Waals surface area contributed by atoms with Crippen LogP contribution in [0.5, 0.6) is 17.2 Å². The van der Waals surface area contributed by atoms with Gasteiger partial charge in [-0.05, 0) is 47.5 Å². The van der Waals surface area contributed by atoms with Gasteiger partial charge >= 0.3 is 6.18 Å². The minimum absolute atomic E-state index is 0.0448. The lowest BCUT2D eigenvalue weighted by molar-refractivity contribution is -0.902. The fourth-order valence-corrected chi connectivity index (χ4v) is 4.09. The summed E-state index contributed by atoms with van der Waals surface area (Å²) in [6, 6.07) is 18.3. The van der Waals surface area contributed by atoms with Gasteiger partial charge in [-0.3, -0.25) is 4.79 Å². The average molecular weight is 509 g/mol. The Hall–Kier alpha value is -4.30. The monoisotopic (exact) mass is 508 g/mol. The Labute approximate surface area is 211 Å². The first-order valence-corrected chi connectivity index (χ1v) is 11.5. The number of phenolic OH excluding ortho intramolecular Hbond substituents is 1. The number of quaternary nitrogens is 1. The van der Waals surface area contributed by atoms with E-state index in [0.717, 1.165) is 16.0 Å². The summed E-state index contributed by atoms with van der Waals surface area (Å²) in [5.41, 5.74) is 0.510. The van der Waals surface area contributed by atoms with Crippen molar-refractivity contribution in [2.24, 2.45) is 0 Å². The first-order chi connectivity index (χ1) is 17.7. The van der Waals surface area contributed by atoms with Crippen LogP contribution in [0.25, 0.3) is 22.1 Å². The van der Waals surface area contributed by atoms with Crippen LogP contribution in [0.3, 0.4) is 0 Å². The number of halogens is 3. The van der Waals surface area contributed by atoms with Crippen molar-refractivity contribution in [2.75, 3.05) is 13.1 Å².